The molecule has 76 valence electrons. The minimum Gasteiger partial charge on any atom is -0.274 e. The third-order valence-corrected chi connectivity index (χ3v) is 2.47. The van der Waals surface area contributed by atoms with Crippen LogP contribution in [0.5, 0.6) is 0 Å². The monoisotopic (exact) mass is 174 g/mol. The number of unbranched alkanes of at least 4 members (excludes halogenated alkanes) is 1. The van der Waals surface area contributed by atoms with Gasteiger partial charge in [-0.3, -0.25) is 11.7 Å². The Labute approximate surface area is 77.7 Å². The molecule has 2 heteroatoms. The van der Waals surface area contributed by atoms with Gasteiger partial charge in [-0.25, -0.2) is 0 Å². The second-order valence-corrected chi connectivity index (χ2v) is 4.41. The van der Waals surface area contributed by atoms with E-state index < -0.39 is 0 Å². The molecule has 0 aliphatic rings. The Morgan fingerprint density at radius 2 is 1.58 bits per heavy atom. The third-order valence-electron chi connectivity index (χ3n) is 2.47. The van der Waals surface area contributed by atoms with E-state index in [2.05, 4.69) is 46.3 Å². The molecule has 4 N–H and O–H groups in total. The van der Waals surface area contributed by atoms with Gasteiger partial charge < -0.3 is 0 Å². The molecule has 0 radical (unpaired) electrons. The summed E-state index contributed by atoms with van der Waals surface area (Å²) in [6.45, 7) is 11.6. The highest BCUT2D eigenvalue weighted by Gasteiger charge is 2.18. The van der Waals surface area contributed by atoms with Crippen molar-refractivity contribution >= 4 is 0 Å². The molecule has 0 amide bonds. The van der Waals surface area contributed by atoms with Gasteiger partial charge in [-0.05, 0) is 11.3 Å². The zero-order chi connectivity index (χ0) is 10.2. The van der Waals surface area contributed by atoms with Gasteiger partial charge in [0.2, 0.25) is 0 Å². The molecule has 0 aliphatic carbocycles. The average molecular weight is 174 g/mol. The van der Waals surface area contributed by atoms with E-state index in [4.69, 9.17) is 0 Å². The van der Waals surface area contributed by atoms with Crippen LogP contribution in [-0.2, 0) is 0 Å². The van der Waals surface area contributed by atoms with Gasteiger partial charge in [-0.1, -0.05) is 53.9 Å². The van der Waals surface area contributed by atoms with Gasteiger partial charge in [-0.15, -0.1) is 0 Å². The van der Waals surface area contributed by atoms with Crippen molar-refractivity contribution in [1.82, 2.24) is 0 Å². The van der Waals surface area contributed by atoms with Crippen molar-refractivity contribution in [3.8, 4) is 0 Å². The van der Waals surface area contributed by atoms with Crippen LogP contribution in [0.1, 0.15) is 53.9 Å². The molecule has 1 atom stereocenters. The maximum atomic E-state index is 4.00. The molecule has 0 aromatic carbocycles. The van der Waals surface area contributed by atoms with Crippen LogP contribution in [0.25, 0.3) is 0 Å². The van der Waals surface area contributed by atoms with Crippen LogP contribution >= 0.6 is 0 Å². The van der Waals surface area contributed by atoms with Crippen molar-refractivity contribution in [3.63, 3.8) is 0 Å². The van der Waals surface area contributed by atoms with Gasteiger partial charge >= 0.3 is 0 Å². The van der Waals surface area contributed by atoms with E-state index in [1.165, 1.54) is 19.3 Å². The zero-order valence-corrected chi connectivity index (χ0v) is 9.35. The minimum atomic E-state index is 0.509. The van der Waals surface area contributed by atoms with Crippen molar-refractivity contribution in [2.45, 2.75) is 53.9 Å². The number of hydrogen-bond donors (Lipinski definition) is 2. The van der Waals surface area contributed by atoms with E-state index >= 15 is 0 Å². The predicted octanol–water partition coefficient (Wildman–Crippen LogP) is 2.68. The van der Waals surface area contributed by atoms with Crippen molar-refractivity contribution < 1.29 is 0 Å². The van der Waals surface area contributed by atoms with Crippen LogP contribution in [-0.4, -0.2) is 0 Å². The summed E-state index contributed by atoms with van der Waals surface area (Å²) in [6.07, 6.45) is 4.11. The predicted molar refractivity (Wildman–Crippen MR) is 56.5 cm³/mol. The highest BCUT2D eigenvalue weighted by atomic mass is 15.0. The summed E-state index contributed by atoms with van der Waals surface area (Å²) in [5.74, 6) is 8.87. The third kappa shape index (κ3) is 8.02. The van der Waals surface area contributed by atoms with E-state index in [0.29, 0.717) is 5.41 Å². The molecule has 0 aliphatic heterocycles. The highest BCUT2D eigenvalue weighted by molar-refractivity contribution is 4.69. The standard InChI is InChI=1S/C10H22.H4N2/c1-6-7-8-9(2)10(3,4)5;1-2/h9H,6-8H2,1-5H3;1-2H2. The Kier molecular flexibility index (Phi) is 9.10. The molecule has 0 saturated carbocycles. The molecule has 0 aromatic heterocycles. The molecule has 0 fully saturated rings. The number of hydrogen-bond acceptors (Lipinski definition) is 2. The number of hydrazine groups is 1. The molecule has 2 nitrogen and oxygen atoms in total. The quantitative estimate of drug-likeness (QED) is 0.510. The highest BCUT2D eigenvalue weighted by Crippen LogP contribution is 2.29. The fourth-order valence-electron chi connectivity index (χ4n) is 0.943. The lowest BCUT2D eigenvalue weighted by Crippen LogP contribution is -2.16. The first-order valence-corrected chi connectivity index (χ1v) is 4.81. The Bertz CT molecular complexity index is 84.3. The Morgan fingerprint density at radius 1 is 1.17 bits per heavy atom. The molecule has 12 heavy (non-hydrogen) atoms. The van der Waals surface area contributed by atoms with Gasteiger partial charge in [0.05, 0.1) is 0 Å². The smallest absolute Gasteiger partial charge is 0.0357 e. The van der Waals surface area contributed by atoms with E-state index in [1.807, 2.05) is 0 Å². The van der Waals surface area contributed by atoms with Crippen molar-refractivity contribution in [2.75, 3.05) is 0 Å². The van der Waals surface area contributed by atoms with Gasteiger partial charge in [0.25, 0.3) is 0 Å². The molecular weight excluding hydrogens is 148 g/mol. The topological polar surface area (TPSA) is 52.0 Å². The molecule has 0 bridgehead atoms. The molecule has 0 aromatic rings. The molecule has 0 heterocycles. The maximum Gasteiger partial charge on any atom is -0.0357 e. The lowest BCUT2D eigenvalue weighted by molar-refractivity contribution is 0.242. The summed E-state index contributed by atoms with van der Waals surface area (Å²) in [4.78, 5) is 0. The maximum absolute atomic E-state index is 4.00. The summed E-state index contributed by atoms with van der Waals surface area (Å²) < 4.78 is 0. The van der Waals surface area contributed by atoms with E-state index in [-0.39, 0.29) is 0 Å². The molecule has 0 rings (SSSR count). The molecule has 1 unspecified atom stereocenters. The summed E-state index contributed by atoms with van der Waals surface area (Å²) in [6, 6.07) is 0. The molecule has 0 saturated heterocycles. The van der Waals surface area contributed by atoms with Gasteiger partial charge in [0.1, 0.15) is 0 Å². The summed E-state index contributed by atoms with van der Waals surface area (Å²) in [5.41, 5.74) is 0.509. The fraction of sp³-hybridized carbons (Fsp3) is 1.00. The van der Waals surface area contributed by atoms with Crippen LogP contribution in [0.15, 0.2) is 0 Å². The summed E-state index contributed by atoms with van der Waals surface area (Å²) in [7, 11) is 0. The summed E-state index contributed by atoms with van der Waals surface area (Å²) in [5, 5.41) is 0. The first-order valence-electron chi connectivity index (χ1n) is 4.81. The molecular formula is C10H26N2. The van der Waals surface area contributed by atoms with Crippen LogP contribution in [0.2, 0.25) is 0 Å². The van der Waals surface area contributed by atoms with Gasteiger partial charge in [0.15, 0.2) is 0 Å². The Hall–Kier alpha value is -0.0800. The van der Waals surface area contributed by atoms with Crippen LogP contribution < -0.4 is 11.7 Å². The van der Waals surface area contributed by atoms with Crippen molar-refractivity contribution in [1.29, 1.82) is 0 Å². The van der Waals surface area contributed by atoms with Crippen LogP contribution in [0, 0.1) is 11.3 Å². The first-order chi connectivity index (χ1) is 5.48. The minimum absolute atomic E-state index is 0.509. The fourth-order valence-corrected chi connectivity index (χ4v) is 0.943. The van der Waals surface area contributed by atoms with E-state index in [1.54, 1.807) is 0 Å². The summed E-state index contributed by atoms with van der Waals surface area (Å²) >= 11 is 0. The largest absolute Gasteiger partial charge is 0.274 e. The first kappa shape index (κ1) is 14.4. The average Bonchev–Trinajstić information content (AvgIpc) is 2.02. The van der Waals surface area contributed by atoms with Crippen LogP contribution in [0.4, 0.5) is 0 Å². The Balaban J connectivity index is 0. The Morgan fingerprint density at radius 3 is 1.83 bits per heavy atom. The van der Waals surface area contributed by atoms with Crippen molar-refractivity contribution in [2.24, 2.45) is 23.0 Å². The zero-order valence-electron chi connectivity index (χ0n) is 9.35. The lowest BCUT2D eigenvalue weighted by atomic mass is 9.79. The normalized spacial score (nSPS) is 13.2. The van der Waals surface area contributed by atoms with Crippen molar-refractivity contribution in [3.05, 3.63) is 0 Å². The SMILES string of the molecule is CCCCC(C)C(C)(C)C.NN. The van der Waals surface area contributed by atoms with E-state index in [0.717, 1.165) is 5.92 Å². The number of rotatable bonds is 3. The van der Waals surface area contributed by atoms with Gasteiger partial charge in [0, 0.05) is 0 Å². The van der Waals surface area contributed by atoms with Gasteiger partial charge in [-0.2, -0.15) is 0 Å². The van der Waals surface area contributed by atoms with E-state index in [9.17, 15) is 0 Å². The second-order valence-electron chi connectivity index (χ2n) is 4.41. The van der Waals surface area contributed by atoms with Crippen LogP contribution in [0.3, 0.4) is 0 Å². The lowest BCUT2D eigenvalue weighted by Gasteiger charge is -2.26. The number of nitrogens with two attached hydrogens (primary N) is 2. The molecule has 0 spiro atoms. The second kappa shape index (κ2) is 7.56.